The summed E-state index contributed by atoms with van der Waals surface area (Å²) in [5, 5.41) is 3.29. The van der Waals surface area contributed by atoms with Crippen molar-refractivity contribution >= 4 is 0 Å². The molecule has 2 heterocycles. The highest BCUT2D eigenvalue weighted by Gasteiger charge is 2.41. The Hall–Kier alpha value is -1.30. The molecular formula is C16H21F3N2O. The maximum atomic E-state index is 13.0. The fourth-order valence-electron chi connectivity index (χ4n) is 3.39. The molecule has 0 unspecified atom stereocenters. The SMILES string of the molecule is CCc1ccc(OC2CCC3(CC2)CNC3)nc1C(F)(F)F. The molecule has 2 aliphatic rings. The van der Waals surface area contributed by atoms with Gasteiger partial charge in [-0.15, -0.1) is 0 Å². The van der Waals surface area contributed by atoms with Crippen molar-refractivity contribution in [1.29, 1.82) is 0 Å². The Morgan fingerprint density at radius 1 is 1.27 bits per heavy atom. The molecule has 2 fully saturated rings. The molecule has 1 saturated carbocycles. The summed E-state index contributed by atoms with van der Waals surface area (Å²) in [4.78, 5) is 3.72. The van der Waals surface area contributed by atoms with Gasteiger partial charge in [0.05, 0.1) is 0 Å². The average Bonchev–Trinajstić information content (AvgIpc) is 2.45. The summed E-state index contributed by atoms with van der Waals surface area (Å²) >= 11 is 0. The fraction of sp³-hybridized carbons (Fsp3) is 0.688. The van der Waals surface area contributed by atoms with E-state index >= 15 is 0 Å². The summed E-state index contributed by atoms with van der Waals surface area (Å²) in [6.45, 7) is 3.81. The second kappa shape index (κ2) is 5.72. The highest BCUT2D eigenvalue weighted by atomic mass is 19.4. The van der Waals surface area contributed by atoms with E-state index < -0.39 is 11.9 Å². The van der Waals surface area contributed by atoms with Crippen molar-refractivity contribution in [3.8, 4) is 5.88 Å². The number of hydrogen-bond donors (Lipinski definition) is 1. The number of rotatable bonds is 3. The van der Waals surface area contributed by atoms with Gasteiger partial charge in [-0.25, -0.2) is 4.98 Å². The van der Waals surface area contributed by atoms with Crippen LogP contribution in [0.1, 0.15) is 43.9 Å². The molecule has 22 heavy (non-hydrogen) atoms. The molecule has 1 spiro atoms. The number of alkyl halides is 3. The Balaban J connectivity index is 1.68. The van der Waals surface area contributed by atoms with Crippen LogP contribution in [0.2, 0.25) is 0 Å². The van der Waals surface area contributed by atoms with Gasteiger partial charge in [-0.1, -0.05) is 13.0 Å². The highest BCUT2D eigenvalue weighted by molar-refractivity contribution is 5.28. The van der Waals surface area contributed by atoms with Crippen molar-refractivity contribution < 1.29 is 17.9 Å². The molecule has 3 nitrogen and oxygen atoms in total. The average molecular weight is 314 g/mol. The minimum absolute atomic E-state index is 0.0210. The largest absolute Gasteiger partial charge is 0.474 e. The molecule has 1 saturated heterocycles. The molecule has 0 bridgehead atoms. The fourth-order valence-corrected chi connectivity index (χ4v) is 3.39. The predicted molar refractivity (Wildman–Crippen MR) is 76.8 cm³/mol. The lowest BCUT2D eigenvalue weighted by atomic mass is 9.69. The van der Waals surface area contributed by atoms with Gasteiger partial charge in [-0.05, 0) is 43.1 Å². The third-order valence-corrected chi connectivity index (χ3v) is 4.88. The van der Waals surface area contributed by atoms with Crippen LogP contribution in [0.15, 0.2) is 12.1 Å². The first-order chi connectivity index (χ1) is 10.4. The molecule has 6 heteroatoms. The van der Waals surface area contributed by atoms with Crippen LogP contribution in [-0.4, -0.2) is 24.2 Å². The Morgan fingerprint density at radius 3 is 2.45 bits per heavy atom. The number of aryl methyl sites for hydroxylation is 1. The van der Waals surface area contributed by atoms with Gasteiger partial charge in [-0.2, -0.15) is 13.2 Å². The van der Waals surface area contributed by atoms with Gasteiger partial charge < -0.3 is 10.1 Å². The maximum absolute atomic E-state index is 13.0. The minimum Gasteiger partial charge on any atom is -0.474 e. The Morgan fingerprint density at radius 2 is 1.95 bits per heavy atom. The van der Waals surface area contributed by atoms with E-state index in [4.69, 9.17) is 4.74 Å². The number of ether oxygens (including phenoxy) is 1. The van der Waals surface area contributed by atoms with E-state index in [-0.39, 0.29) is 17.5 Å². The van der Waals surface area contributed by atoms with Gasteiger partial charge in [0.1, 0.15) is 6.10 Å². The number of halogens is 3. The Bertz CT molecular complexity index is 531. The van der Waals surface area contributed by atoms with Crippen LogP contribution in [0.4, 0.5) is 13.2 Å². The smallest absolute Gasteiger partial charge is 0.433 e. The van der Waals surface area contributed by atoms with Crippen LogP contribution >= 0.6 is 0 Å². The van der Waals surface area contributed by atoms with E-state index in [1.54, 1.807) is 13.0 Å². The van der Waals surface area contributed by atoms with Gasteiger partial charge >= 0.3 is 6.18 Å². The number of nitrogens with zero attached hydrogens (tertiary/aromatic N) is 1. The molecule has 1 N–H and O–H groups in total. The van der Waals surface area contributed by atoms with Crippen molar-refractivity contribution in [2.75, 3.05) is 13.1 Å². The maximum Gasteiger partial charge on any atom is 0.433 e. The Kier molecular flexibility index (Phi) is 4.05. The summed E-state index contributed by atoms with van der Waals surface area (Å²) in [6, 6.07) is 3.04. The van der Waals surface area contributed by atoms with Crippen molar-refractivity contribution in [2.45, 2.75) is 51.3 Å². The molecule has 3 rings (SSSR count). The third-order valence-electron chi connectivity index (χ3n) is 4.88. The second-order valence-electron chi connectivity index (χ2n) is 6.43. The van der Waals surface area contributed by atoms with E-state index in [0.717, 1.165) is 38.8 Å². The zero-order chi connectivity index (χ0) is 15.8. The topological polar surface area (TPSA) is 34.1 Å². The second-order valence-corrected chi connectivity index (χ2v) is 6.43. The molecule has 0 aromatic carbocycles. The standard InChI is InChI=1S/C16H21F3N2O/c1-2-11-3-4-13(21-14(11)16(17,18)19)22-12-5-7-15(8-6-12)9-20-10-15/h3-4,12,20H,2,5-10H2,1H3. The summed E-state index contributed by atoms with van der Waals surface area (Å²) in [6.07, 6.45) is -0.221. The molecule has 1 aliphatic carbocycles. The summed E-state index contributed by atoms with van der Waals surface area (Å²) in [5.41, 5.74) is -0.192. The number of pyridine rings is 1. The van der Waals surface area contributed by atoms with Crippen LogP contribution < -0.4 is 10.1 Å². The van der Waals surface area contributed by atoms with Crippen molar-refractivity contribution in [3.63, 3.8) is 0 Å². The van der Waals surface area contributed by atoms with Crippen LogP contribution in [-0.2, 0) is 12.6 Å². The zero-order valence-electron chi connectivity index (χ0n) is 12.7. The van der Waals surface area contributed by atoms with Gasteiger partial charge in [0.25, 0.3) is 0 Å². The zero-order valence-corrected chi connectivity index (χ0v) is 12.7. The lowest BCUT2D eigenvalue weighted by Gasteiger charge is -2.47. The van der Waals surface area contributed by atoms with Crippen LogP contribution in [0.3, 0.4) is 0 Å². The normalized spacial score (nSPS) is 21.6. The predicted octanol–water partition coefficient (Wildman–Crippen LogP) is 3.57. The highest BCUT2D eigenvalue weighted by Crippen LogP contribution is 2.40. The van der Waals surface area contributed by atoms with Gasteiger partial charge in [-0.3, -0.25) is 0 Å². The van der Waals surface area contributed by atoms with E-state index in [1.165, 1.54) is 6.07 Å². The van der Waals surface area contributed by atoms with E-state index in [9.17, 15) is 13.2 Å². The van der Waals surface area contributed by atoms with E-state index in [1.807, 2.05) is 0 Å². The molecule has 1 aliphatic heterocycles. The number of aromatic nitrogens is 1. The lowest BCUT2D eigenvalue weighted by molar-refractivity contribution is -0.142. The van der Waals surface area contributed by atoms with Gasteiger partial charge in [0.2, 0.25) is 5.88 Å². The number of hydrogen-bond acceptors (Lipinski definition) is 3. The van der Waals surface area contributed by atoms with Crippen LogP contribution in [0, 0.1) is 5.41 Å². The van der Waals surface area contributed by atoms with E-state index in [2.05, 4.69) is 10.3 Å². The van der Waals surface area contributed by atoms with Crippen LogP contribution in [0.25, 0.3) is 0 Å². The van der Waals surface area contributed by atoms with Gasteiger partial charge in [0, 0.05) is 19.2 Å². The monoisotopic (exact) mass is 314 g/mol. The molecule has 1 aromatic heterocycles. The summed E-state index contributed by atoms with van der Waals surface area (Å²) < 4.78 is 44.8. The van der Waals surface area contributed by atoms with Crippen molar-refractivity contribution in [1.82, 2.24) is 10.3 Å². The molecule has 0 amide bonds. The lowest BCUT2D eigenvalue weighted by Crippen LogP contribution is -2.55. The summed E-state index contributed by atoms with van der Waals surface area (Å²) in [5.74, 6) is 0.0946. The van der Waals surface area contributed by atoms with Crippen LogP contribution in [0.5, 0.6) is 5.88 Å². The molecule has 1 aromatic rings. The van der Waals surface area contributed by atoms with Crippen molar-refractivity contribution in [2.24, 2.45) is 5.41 Å². The molecule has 0 radical (unpaired) electrons. The molecule has 122 valence electrons. The Labute approximate surface area is 128 Å². The molecule has 0 atom stereocenters. The van der Waals surface area contributed by atoms with E-state index in [0.29, 0.717) is 11.8 Å². The minimum atomic E-state index is -4.43. The first kappa shape index (κ1) is 15.6. The molecular weight excluding hydrogens is 293 g/mol. The first-order valence-electron chi connectivity index (χ1n) is 7.86. The number of nitrogens with one attached hydrogen (secondary N) is 1. The van der Waals surface area contributed by atoms with Crippen molar-refractivity contribution in [3.05, 3.63) is 23.4 Å². The third kappa shape index (κ3) is 3.07. The quantitative estimate of drug-likeness (QED) is 0.926. The summed E-state index contributed by atoms with van der Waals surface area (Å²) in [7, 11) is 0. The van der Waals surface area contributed by atoms with Gasteiger partial charge in [0.15, 0.2) is 5.69 Å². The first-order valence-corrected chi connectivity index (χ1v) is 7.86.